The third kappa shape index (κ3) is 0.414. The minimum absolute atomic E-state index is 1.24. The van der Waals surface area contributed by atoms with Crippen molar-refractivity contribution in [3.63, 3.8) is 0 Å². The summed E-state index contributed by atoms with van der Waals surface area (Å²) in [6.07, 6.45) is 6.15. The number of hydrogen-bond donors (Lipinski definition) is 0. The Hall–Kier alpha value is -0.720. The first-order chi connectivity index (χ1) is 3.97. The van der Waals surface area contributed by atoms with Gasteiger partial charge < -0.3 is 0 Å². The van der Waals surface area contributed by atoms with E-state index in [2.05, 4.69) is 17.0 Å². The first kappa shape index (κ1) is 4.19. The van der Waals surface area contributed by atoms with Gasteiger partial charge in [0.2, 0.25) is 0 Å². The van der Waals surface area contributed by atoms with Crippen LogP contribution < -0.4 is 0 Å². The molecular weight excluding hydrogens is 95.7 g/mol. The van der Waals surface area contributed by atoms with Gasteiger partial charge >= 0.3 is 48.1 Å². The molecule has 1 aliphatic carbocycles. The fourth-order valence-electron chi connectivity index (χ4n) is 0.881. The van der Waals surface area contributed by atoms with Crippen molar-refractivity contribution in [2.24, 2.45) is 4.81 Å². The molecule has 0 spiro atoms. The fourth-order valence-corrected chi connectivity index (χ4v) is 0.881. The van der Waals surface area contributed by atoms with Gasteiger partial charge in [-0.15, -0.1) is 0 Å². The van der Waals surface area contributed by atoms with Crippen LogP contribution in [0.5, 0.6) is 0 Å². The monoisotopic (exact) mass is 99.0 g/mol. The summed E-state index contributed by atoms with van der Waals surface area (Å²) in [6.45, 7) is 0. The molecule has 1 nitrogen and oxygen atoms in total. The van der Waals surface area contributed by atoms with Crippen molar-refractivity contribution in [1.82, 2.24) is 0 Å². The van der Waals surface area contributed by atoms with Crippen LogP contribution in [-0.4, -0.2) is 19.6 Å². The molecule has 34 valence electrons. The Bertz CT molecular complexity index is 209. The van der Waals surface area contributed by atoms with Crippen LogP contribution in [0.3, 0.4) is 0 Å². The van der Waals surface area contributed by atoms with Crippen LogP contribution in [0.15, 0.2) is 28.5 Å². The molecule has 0 fully saturated rings. The molecule has 1 heterocycles. The van der Waals surface area contributed by atoms with Gasteiger partial charge in [-0.2, -0.15) is 0 Å². The SMILES string of the molecule is B1=NB=C2C=CC=C12. The summed E-state index contributed by atoms with van der Waals surface area (Å²) in [7, 11) is 3.74. The Labute approximate surface area is 49.0 Å². The molecule has 0 aromatic heterocycles. The number of hydrogen-bond acceptors (Lipinski definition) is 1. The van der Waals surface area contributed by atoms with Crippen LogP contribution in [0.25, 0.3) is 0 Å². The Kier molecular flexibility index (Phi) is 0.720. The Morgan fingerprint density at radius 3 is 3.38 bits per heavy atom. The second-order valence-corrected chi connectivity index (χ2v) is 1.84. The average molecular weight is 98.7 g/mol. The maximum atomic E-state index is 3.96. The molecule has 0 aromatic carbocycles. The van der Waals surface area contributed by atoms with Crippen molar-refractivity contribution in [1.29, 1.82) is 0 Å². The molecule has 3 heteroatoms. The van der Waals surface area contributed by atoms with Crippen molar-refractivity contribution in [3.8, 4) is 0 Å². The molecule has 0 atom stereocenters. The quantitative estimate of drug-likeness (QED) is 0.382. The van der Waals surface area contributed by atoms with Gasteiger partial charge in [0.15, 0.2) is 0 Å². The zero-order valence-electron chi connectivity index (χ0n) is 4.33. The second kappa shape index (κ2) is 1.38. The molecule has 2 aliphatic rings. The fraction of sp³-hybridized carbons (Fsp3) is 0. The van der Waals surface area contributed by atoms with Gasteiger partial charge in [0.25, 0.3) is 0 Å². The van der Waals surface area contributed by atoms with Crippen molar-refractivity contribution >= 4 is 19.6 Å². The minimum atomic E-state index is 1.24. The molecule has 0 saturated heterocycles. The summed E-state index contributed by atoms with van der Waals surface area (Å²) in [5.41, 5.74) is 2.48. The zero-order valence-corrected chi connectivity index (χ0v) is 4.33. The van der Waals surface area contributed by atoms with Crippen molar-refractivity contribution in [2.45, 2.75) is 0 Å². The van der Waals surface area contributed by atoms with E-state index >= 15 is 0 Å². The summed E-state index contributed by atoms with van der Waals surface area (Å²) >= 11 is 0. The topological polar surface area (TPSA) is 12.4 Å². The summed E-state index contributed by atoms with van der Waals surface area (Å²) in [6, 6.07) is 0. The molecule has 0 bridgehead atoms. The van der Waals surface area contributed by atoms with Crippen molar-refractivity contribution < 1.29 is 0 Å². The maximum absolute atomic E-state index is 3.96. The van der Waals surface area contributed by atoms with E-state index in [0.717, 1.165) is 0 Å². The molecule has 0 saturated carbocycles. The summed E-state index contributed by atoms with van der Waals surface area (Å²) in [4.78, 5) is 3.96. The van der Waals surface area contributed by atoms with E-state index in [1.807, 2.05) is 20.2 Å². The number of allylic oxidation sites excluding steroid dienone is 4. The molecule has 0 N–H and O–H groups in total. The molecule has 0 aromatic rings. The van der Waals surface area contributed by atoms with Crippen LogP contribution in [0.1, 0.15) is 0 Å². The predicted octanol–water partition coefficient (Wildman–Crippen LogP) is 0.133. The first-order valence-electron chi connectivity index (χ1n) is 2.59. The summed E-state index contributed by atoms with van der Waals surface area (Å²) in [5, 5.41) is 0. The van der Waals surface area contributed by atoms with Crippen LogP contribution >= 0.6 is 0 Å². The van der Waals surface area contributed by atoms with E-state index in [0.29, 0.717) is 0 Å². The summed E-state index contributed by atoms with van der Waals surface area (Å²) < 4.78 is 0. The molecule has 8 heavy (non-hydrogen) atoms. The van der Waals surface area contributed by atoms with Gasteiger partial charge in [-0.05, 0) is 0 Å². The van der Waals surface area contributed by atoms with E-state index in [-0.39, 0.29) is 0 Å². The second-order valence-electron chi connectivity index (χ2n) is 1.84. The van der Waals surface area contributed by atoms with E-state index in [1.165, 1.54) is 10.9 Å². The molecular formula is C5H3B2N. The molecule has 2 rings (SSSR count). The Morgan fingerprint density at radius 2 is 2.50 bits per heavy atom. The predicted molar refractivity (Wildman–Crippen MR) is 36.2 cm³/mol. The molecule has 0 unspecified atom stereocenters. The average Bonchev–Trinajstić information content (AvgIpc) is 2.15. The van der Waals surface area contributed by atoms with Gasteiger partial charge in [0.05, 0.1) is 0 Å². The third-order valence-electron chi connectivity index (χ3n) is 1.31. The number of rotatable bonds is 0. The molecule has 0 radical (unpaired) electrons. The first-order valence-corrected chi connectivity index (χ1v) is 2.59. The van der Waals surface area contributed by atoms with E-state index in [1.54, 1.807) is 0 Å². The van der Waals surface area contributed by atoms with Gasteiger partial charge in [-0.3, -0.25) is 0 Å². The Morgan fingerprint density at radius 1 is 1.50 bits per heavy atom. The van der Waals surface area contributed by atoms with Crippen molar-refractivity contribution in [3.05, 3.63) is 23.7 Å². The van der Waals surface area contributed by atoms with Crippen molar-refractivity contribution in [2.75, 3.05) is 0 Å². The standard InChI is InChI=1S/C5H3B2N/c1-2-4-5(3-1)7-8-6-4/h1-3H. The van der Waals surface area contributed by atoms with Gasteiger partial charge in [-0.25, -0.2) is 0 Å². The molecule has 0 amide bonds. The molecule has 1 aliphatic heterocycles. The summed E-state index contributed by atoms with van der Waals surface area (Å²) in [5.74, 6) is 0. The number of fused-ring (bicyclic) bond motifs is 1. The van der Waals surface area contributed by atoms with Gasteiger partial charge in [-0.1, -0.05) is 0 Å². The van der Waals surface area contributed by atoms with Crippen LogP contribution in [0.4, 0.5) is 0 Å². The van der Waals surface area contributed by atoms with Gasteiger partial charge in [0.1, 0.15) is 0 Å². The van der Waals surface area contributed by atoms with E-state index in [4.69, 9.17) is 0 Å². The van der Waals surface area contributed by atoms with E-state index in [9.17, 15) is 0 Å². The van der Waals surface area contributed by atoms with Gasteiger partial charge in [0, 0.05) is 0 Å². The third-order valence-corrected chi connectivity index (χ3v) is 1.31. The normalized spacial score (nSPS) is 19.0. The van der Waals surface area contributed by atoms with E-state index < -0.39 is 0 Å². The van der Waals surface area contributed by atoms with Crippen LogP contribution in [0, 0.1) is 0 Å². The van der Waals surface area contributed by atoms with Crippen LogP contribution in [0.2, 0.25) is 0 Å². The number of nitrogens with zero attached hydrogens (tertiary/aromatic N) is 1. The Balaban J connectivity index is 2.59. The zero-order chi connectivity index (χ0) is 5.40. The van der Waals surface area contributed by atoms with Crippen LogP contribution in [-0.2, 0) is 0 Å².